The van der Waals surface area contributed by atoms with Crippen molar-refractivity contribution in [3.63, 3.8) is 0 Å². The molecule has 0 saturated carbocycles. The fourth-order valence-electron chi connectivity index (χ4n) is 1.32. The van der Waals surface area contributed by atoms with Gasteiger partial charge in [0.15, 0.2) is 0 Å². The van der Waals surface area contributed by atoms with Crippen LogP contribution in [0.3, 0.4) is 0 Å². The van der Waals surface area contributed by atoms with Crippen molar-refractivity contribution in [2.24, 2.45) is 0 Å². The molecule has 0 saturated heterocycles. The number of hydrogen-bond donors (Lipinski definition) is 1. The maximum Gasteiger partial charge on any atom is 0.335 e. The number of aromatic carboxylic acids is 1. The predicted molar refractivity (Wildman–Crippen MR) is 61.2 cm³/mol. The van der Waals surface area contributed by atoms with E-state index in [1.165, 1.54) is 0 Å². The fourth-order valence-corrected chi connectivity index (χ4v) is 1.32. The van der Waals surface area contributed by atoms with Gasteiger partial charge in [0, 0.05) is 0 Å². The number of carboxylic acids is 1. The van der Waals surface area contributed by atoms with E-state index in [9.17, 15) is 4.79 Å². The topological polar surface area (TPSA) is 37.3 Å². The maximum absolute atomic E-state index is 10.6. The summed E-state index contributed by atoms with van der Waals surface area (Å²) in [7, 11) is 0. The van der Waals surface area contributed by atoms with Crippen LogP contribution in [0, 0.1) is 0 Å². The lowest BCUT2D eigenvalue weighted by atomic mass is 10.1. The van der Waals surface area contributed by atoms with Gasteiger partial charge in [-0.25, -0.2) is 4.79 Å². The smallest absolute Gasteiger partial charge is 0.335 e. The molecular formula is C11H9BrO2. The molecule has 2 rings (SSSR count). The molecule has 0 radical (unpaired) electrons. The van der Waals surface area contributed by atoms with Crippen molar-refractivity contribution in [3.05, 3.63) is 48.0 Å². The van der Waals surface area contributed by atoms with Crippen LogP contribution >= 0.6 is 17.0 Å². The number of carbonyl (C=O) groups is 1. The van der Waals surface area contributed by atoms with Crippen molar-refractivity contribution in [1.82, 2.24) is 0 Å². The lowest BCUT2D eigenvalue weighted by molar-refractivity contribution is 0.0697. The summed E-state index contributed by atoms with van der Waals surface area (Å²) >= 11 is 0. The summed E-state index contributed by atoms with van der Waals surface area (Å²) in [5, 5.41) is 10.8. The Morgan fingerprint density at radius 1 is 1.00 bits per heavy atom. The van der Waals surface area contributed by atoms with Crippen LogP contribution in [-0.4, -0.2) is 11.1 Å². The molecule has 2 aromatic rings. The van der Waals surface area contributed by atoms with Gasteiger partial charge in [0.05, 0.1) is 5.56 Å². The van der Waals surface area contributed by atoms with Gasteiger partial charge in [0.25, 0.3) is 0 Å². The van der Waals surface area contributed by atoms with E-state index in [4.69, 9.17) is 5.11 Å². The zero-order valence-corrected chi connectivity index (χ0v) is 9.02. The fraction of sp³-hybridized carbons (Fsp3) is 0. The summed E-state index contributed by atoms with van der Waals surface area (Å²) in [5.41, 5.74) is 0.332. The van der Waals surface area contributed by atoms with Gasteiger partial charge in [0.1, 0.15) is 0 Å². The van der Waals surface area contributed by atoms with E-state index in [1.807, 2.05) is 30.3 Å². The Bertz CT molecular complexity index is 466. The highest BCUT2D eigenvalue weighted by Gasteiger charge is 2.01. The average Bonchev–Trinajstić information content (AvgIpc) is 2.17. The molecule has 0 fully saturated rings. The molecule has 0 aliphatic rings. The third-order valence-corrected chi connectivity index (χ3v) is 2.00. The number of carboxylic acid groups (broad SMARTS) is 1. The van der Waals surface area contributed by atoms with E-state index in [-0.39, 0.29) is 17.0 Å². The van der Waals surface area contributed by atoms with Crippen LogP contribution in [0.1, 0.15) is 10.4 Å². The Kier molecular flexibility index (Phi) is 3.25. The molecular weight excluding hydrogens is 244 g/mol. The largest absolute Gasteiger partial charge is 0.478 e. The second-order valence-corrected chi connectivity index (χ2v) is 2.87. The number of fused-ring (bicyclic) bond motifs is 1. The molecule has 0 heterocycles. The van der Waals surface area contributed by atoms with Crippen LogP contribution in [0.2, 0.25) is 0 Å². The van der Waals surface area contributed by atoms with Crippen LogP contribution in [0.5, 0.6) is 0 Å². The lowest BCUT2D eigenvalue weighted by Gasteiger charge is -1.98. The molecule has 0 aromatic heterocycles. The quantitative estimate of drug-likeness (QED) is 0.847. The monoisotopic (exact) mass is 252 g/mol. The van der Waals surface area contributed by atoms with Gasteiger partial charge in [-0.1, -0.05) is 30.3 Å². The molecule has 0 spiro atoms. The highest BCUT2D eigenvalue weighted by molar-refractivity contribution is 8.93. The molecule has 72 valence electrons. The van der Waals surface area contributed by atoms with Crippen molar-refractivity contribution in [2.75, 3.05) is 0 Å². The van der Waals surface area contributed by atoms with Crippen molar-refractivity contribution in [3.8, 4) is 0 Å². The summed E-state index contributed by atoms with van der Waals surface area (Å²) in [6, 6.07) is 12.8. The summed E-state index contributed by atoms with van der Waals surface area (Å²) in [6.45, 7) is 0. The van der Waals surface area contributed by atoms with E-state index in [2.05, 4.69) is 0 Å². The number of benzene rings is 2. The maximum atomic E-state index is 10.6. The Balaban J connectivity index is 0.000000980. The van der Waals surface area contributed by atoms with Crippen molar-refractivity contribution in [2.45, 2.75) is 0 Å². The Hall–Kier alpha value is -1.35. The zero-order chi connectivity index (χ0) is 9.26. The molecule has 3 heteroatoms. The van der Waals surface area contributed by atoms with Gasteiger partial charge in [-0.3, -0.25) is 0 Å². The molecule has 14 heavy (non-hydrogen) atoms. The summed E-state index contributed by atoms with van der Waals surface area (Å²) in [4.78, 5) is 10.6. The predicted octanol–water partition coefficient (Wildman–Crippen LogP) is 3.12. The van der Waals surface area contributed by atoms with Crippen molar-refractivity contribution in [1.29, 1.82) is 0 Å². The van der Waals surface area contributed by atoms with Gasteiger partial charge >= 0.3 is 5.97 Å². The van der Waals surface area contributed by atoms with E-state index < -0.39 is 5.97 Å². The molecule has 2 nitrogen and oxygen atoms in total. The van der Waals surface area contributed by atoms with Crippen LogP contribution < -0.4 is 0 Å². The Labute approximate surface area is 91.9 Å². The number of hydrogen-bond acceptors (Lipinski definition) is 1. The van der Waals surface area contributed by atoms with E-state index in [1.54, 1.807) is 12.1 Å². The summed E-state index contributed by atoms with van der Waals surface area (Å²) < 4.78 is 0. The summed E-state index contributed by atoms with van der Waals surface area (Å²) in [5.74, 6) is -0.884. The van der Waals surface area contributed by atoms with E-state index >= 15 is 0 Å². The summed E-state index contributed by atoms with van der Waals surface area (Å²) in [6.07, 6.45) is 0. The first kappa shape index (κ1) is 10.7. The van der Waals surface area contributed by atoms with Gasteiger partial charge in [0.2, 0.25) is 0 Å². The third-order valence-electron chi connectivity index (χ3n) is 2.00. The highest BCUT2D eigenvalue weighted by Crippen LogP contribution is 2.15. The standard InChI is InChI=1S/C11H8O2.BrH/c12-11(13)10-6-5-8-3-1-2-4-9(8)7-10;/h1-7H,(H,12,13);1H. The normalized spacial score (nSPS) is 9.43. The van der Waals surface area contributed by atoms with Gasteiger partial charge in [-0.05, 0) is 22.9 Å². The molecule has 0 aliphatic heterocycles. The van der Waals surface area contributed by atoms with E-state index in [0.717, 1.165) is 10.8 Å². The van der Waals surface area contributed by atoms with Gasteiger partial charge in [-0.15, -0.1) is 17.0 Å². The third kappa shape index (κ3) is 1.93. The minimum Gasteiger partial charge on any atom is -0.478 e. The molecule has 0 aliphatic carbocycles. The number of rotatable bonds is 1. The highest BCUT2D eigenvalue weighted by atomic mass is 79.9. The average molecular weight is 253 g/mol. The van der Waals surface area contributed by atoms with Crippen LogP contribution in [-0.2, 0) is 0 Å². The van der Waals surface area contributed by atoms with Crippen molar-refractivity contribution < 1.29 is 9.90 Å². The molecule has 2 aromatic carbocycles. The molecule has 0 atom stereocenters. The Morgan fingerprint density at radius 3 is 2.29 bits per heavy atom. The molecule has 0 amide bonds. The Morgan fingerprint density at radius 2 is 1.64 bits per heavy atom. The van der Waals surface area contributed by atoms with Crippen molar-refractivity contribution >= 4 is 33.7 Å². The van der Waals surface area contributed by atoms with Gasteiger partial charge < -0.3 is 5.11 Å². The first-order valence-electron chi connectivity index (χ1n) is 3.99. The first-order valence-corrected chi connectivity index (χ1v) is 3.99. The SMILES string of the molecule is Br.O=C(O)c1ccc2ccccc2c1. The lowest BCUT2D eigenvalue weighted by Crippen LogP contribution is -1.94. The first-order chi connectivity index (χ1) is 6.27. The van der Waals surface area contributed by atoms with E-state index in [0.29, 0.717) is 5.56 Å². The second-order valence-electron chi connectivity index (χ2n) is 2.87. The molecule has 1 N–H and O–H groups in total. The second kappa shape index (κ2) is 4.24. The number of halogens is 1. The van der Waals surface area contributed by atoms with Crippen LogP contribution in [0.4, 0.5) is 0 Å². The minimum atomic E-state index is -0.884. The van der Waals surface area contributed by atoms with Gasteiger partial charge in [-0.2, -0.15) is 0 Å². The molecule has 0 unspecified atom stereocenters. The zero-order valence-electron chi connectivity index (χ0n) is 7.31. The minimum absolute atomic E-state index is 0. The molecule has 0 bridgehead atoms. The van der Waals surface area contributed by atoms with Crippen LogP contribution in [0.15, 0.2) is 42.5 Å². The van der Waals surface area contributed by atoms with Crippen LogP contribution in [0.25, 0.3) is 10.8 Å².